The van der Waals surface area contributed by atoms with E-state index in [9.17, 15) is 18.0 Å². The first-order valence-electron chi connectivity index (χ1n) is 8.45. The van der Waals surface area contributed by atoms with Crippen molar-refractivity contribution in [1.82, 2.24) is 8.87 Å². The van der Waals surface area contributed by atoms with E-state index in [4.69, 9.17) is 0 Å². The van der Waals surface area contributed by atoms with E-state index in [2.05, 4.69) is 26.1 Å². The summed E-state index contributed by atoms with van der Waals surface area (Å²) in [6.45, 7) is 6.02. The molecule has 1 heterocycles. The molecule has 146 valence electrons. The minimum Gasteiger partial charge on any atom is -0.325 e. The van der Waals surface area contributed by atoms with E-state index in [0.717, 1.165) is 20.5 Å². The fourth-order valence-corrected chi connectivity index (χ4v) is 3.33. The van der Waals surface area contributed by atoms with Crippen LogP contribution in [0.5, 0.6) is 0 Å². The van der Waals surface area contributed by atoms with E-state index >= 15 is 0 Å². The van der Waals surface area contributed by atoms with Gasteiger partial charge in [0.25, 0.3) is 5.56 Å². The lowest BCUT2D eigenvalue weighted by atomic mass is 9.87. The second kappa shape index (κ2) is 7.66. The Kier molecular flexibility index (Phi) is 5.91. The van der Waals surface area contributed by atoms with Crippen molar-refractivity contribution < 1.29 is 13.2 Å². The second-order valence-corrected chi connectivity index (χ2v) is 9.65. The predicted octanol–water partition coefficient (Wildman–Crippen LogP) is 2.03. The van der Waals surface area contributed by atoms with Crippen LogP contribution in [-0.4, -0.2) is 37.3 Å². The normalized spacial score (nSPS) is 12.2. The van der Waals surface area contributed by atoms with Gasteiger partial charge in [0.2, 0.25) is 15.9 Å². The predicted molar refractivity (Wildman–Crippen MR) is 105 cm³/mol. The van der Waals surface area contributed by atoms with Crippen LogP contribution >= 0.6 is 0 Å². The standard InChI is InChI=1S/C19H25N3O4S/c1-19(2,3)14-6-8-15(9-7-14)20-17(23)13-22-12-16(10-11-18(22)24)27(25,26)21(4)5/h6-12H,13H2,1-5H3,(H,20,23). The summed E-state index contributed by atoms with van der Waals surface area (Å²) < 4.78 is 26.5. The Morgan fingerprint density at radius 1 is 1.07 bits per heavy atom. The zero-order valence-electron chi connectivity index (χ0n) is 16.2. The lowest BCUT2D eigenvalue weighted by Gasteiger charge is -2.19. The lowest BCUT2D eigenvalue weighted by molar-refractivity contribution is -0.116. The molecule has 1 aromatic heterocycles. The van der Waals surface area contributed by atoms with Crippen LogP contribution in [0, 0.1) is 0 Å². The Balaban J connectivity index is 2.17. The topological polar surface area (TPSA) is 88.5 Å². The van der Waals surface area contributed by atoms with Gasteiger partial charge in [-0.05, 0) is 29.2 Å². The van der Waals surface area contributed by atoms with Crippen molar-refractivity contribution in [2.75, 3.05) is 19.4 Å². The van der Waals surface area contributed by atoms with Gasteiger partial charge in [-0.2, -0.15) is 0 Å². The molecule has 0 aliphatic carbocycles. The third-order valence-electron chi connectivity index (χ3n) is 4.08. The highest BCUT2D eigenvalue weighted by molar-refractivity contribution is 7.89. The quantitative estimate of drug-likeness (QED) is 0.845. The minimum atomic E-state index is -3.69. The van der Waals surface area contributed by atoms with E-state index < -0.39 is 21.5 Å². The monoisotopic (exact) mass is 391 g/mol. The molecule has 0 aliphatic rings. The summed E-state index contributed by atoms with van der Waals surface area (Å²) >= 11 is 0. The summed E-state index contributed by atoms with van der Waals surface area (Å²) in [6, 6.07) is 9.85. The van der Waals surface area contributed by atoms with Crippen LogP contribution in [0.4, 0.5) is 5.69 Å². The third-order valence-corrected chi connectivity index (χ3v) is 5.88. The maximum absolute atomic E-state index is 12.3. The molecule has 27 heavy (non-hydrogen) atoms. The number of carbonyl (C=O) groups excluding carboxylic acids is 1. The number of rotatable bonds is 5. The summed E-state index contributed by atoms with van der Waals surface area (Å²) in [5.41, 5.74) is 1.30. The average Bonchev–Trinajstić information content (AvgIpc) is 2.56. The summed E-state index contributed by atoms with van der Waals surface area (Å²) in [5.74, 6) is -0.417. The number of hydrogen-bond donors (Lipinski definition) is 1. The highest BCUT2D eigenvalue weighted by Gasteiger charge is 2.19. The molecule has 1 N–H and O–H groups in total. The van der Waals surface area contributed by atoms with E-state index in [1.165, 1.54) is 26.4 Å². The van der Waals surface area contributed by atoms with E-state index in [1.807, 2.05) is 12.1 Å². The number of sulfonamides is 1. The number of anilines is 1. The van der Waals surface area contributed by atoms with Gasteiger partial charge >= 0.3 is 0 Å². The Bertz CT molecular complexity index is 985. The fraction of sp³-hybridized carbons (Fsp3) is 0.368. The van der Waals surface area contributed by atoms with Gasteiger partial charge in [-0.25, -0.2) is 12.7 Å². The van der Waals surface area contributed by atoms with Crippen molar-refractivity contribution in [3.63, 3.8) is 0 Å². The van der Waals surface area contributed by atoms with Crippen LogP contribution in [0.25, 0.3) is 0 Å². The third kappa shape index (κ3) is 5.05. The Morgan fingerprint density at radius 2 is 1.67 bits per heavy atom. The van der Waals surface area contributed by atoms with Gasteiger partial charge in [0.1, 0.15) is 6.54 Å². The highest BCUT2D eigenvalue weighted by Crippen LogP contribution is 2.23. The molecule has 0 saturated carbocycles. The molecule has 0 bridgehead atoms. The van der Waals surface area contributed by atoms with Gasteiger partial charge in [-0.3, -0.25) is 9.59 Å². The summed E-state index contributed by atoms with van der Waals surface area (Å²) in [4.78, 5) is 24.2. The van der Waals surface area contributed by atoms with Gasteiger partial charge < -0.3 is 9.88 Å². The molecule has 1 aromatic carbocycles. The smallest absolute Gasteiger partial charge is 0.251 e. The van der Waals surface area contributed by atoms with Crippen LogP contribution in [0.1, 0.15) is 26.3 Å². The maximum Gasteiger partial charge on any atom is 0.251 e. The number of hydrogen-bond acceptors (Lipinski definition) is 4. The van der Waals surface area contributed by atoms with Crippen molar-refractivity contribution in [3.05, 3.63) is 58.5 Å². The number of pyridine rings is 1. The first kappa shape index (κ1) is 20.9. The molecular formula is C19H25N3O4S. The summed E-state index contributed by atoms with van der Waals surface area (Å²) in [7, 11) is -0.885. The molecule has 0 radical (unpaired) electrons. The van der Waals surface area contributed by atoms with E-state index in [0.29, 0.717) is 5.69 Å². The van der Waals surface area contributed by atoms with Crippen LogP contribution in [0.3, 0.4) is 0 Å². The van der Waals surface area contributed by atoms with Crippen LogP contribution in [0.15, 0.2) is 52.3 Å². The number of nitrogens with zero attached hydrogens (tertiary/aromatic N) is 2. The van der Waals surface area contributed by atoms with Crippen molar-refractivity contribution in [2.45, 2.75) is 37.6 Å². The fourth-order valence-electron chi connectivity index (χ4n) is 2.41. The average molecular weight is 391 g/mol. The lowest BCUT2D eigenvalue weighted by Crippen LogP contribution is -2.29. The molecule has 0 unspecified atom stereocenters. The number of nitrogens with one attached hydrogen (secondary N) is 1. The maximum atomic E-state index is 12.3. The number of benzene rings is 1. The second-order valence-electron chi connectivity index (χ2n) is 7.49. The van der Waals surface area contributed by atoms with Crippen LogP contribution in [-0.2, 0) is 26.8 Å². The largest absolute Gasteiger partial charge is 0.325 e. The van der Waals surface area contributed by atoms with Gasteiger partial charge in [0, 0.05) is 32.0 Å². The molecule has 0 spiro atoms. The van der Waals surface area contributed by atoms with Gasteiger partial charge in [-0.1, -0.05) is 32.9 Å². The summed E-state index contributed by atoms with van der Waals surface area (Å²) in [6.07, 6.45) is 1.18. The van der Waals surface area contributed by atoms with Gasteiger partial charge in [0.05, 0.1) is 4.90 Å². The zero-order valence-corrected chi connectivity index (χ0v) is 17.0. The van der Waals surface area contributed by atoms with E-state index in [1.54, 1.807) is 12.1 Å². The van der Waals surface area contributed by atoms with Crippen molar-refractivity contribution in [3.8, 4) is 0 Å². The molecule has 0 atom stereocenters. The van der Waals surface area contributed by atoms with E-state index in [-0.39, 0.29) is 16.9 Å². The van der Waals surface area contributed by atoms with Crippen LogP contribution < -0.4 is 10.9 Å². The van der Waals surface area contributed by atoms with Gasteiger partial charge in [0.15, 0.2) is 0 Å². The Hall–Kier alpha value is -2.45. The molecule has 2 rings (SSSR count). The van der Waals surface area contributed by atoms with Crippen molar-refractivity contribution in [1.29, 1.82) is 0 Å². The molecule has 0 saturated heterocycles. The van der Waals surface area contributed by atoms with Gasteiger partial charge in [-0.15, -0.1) is 0 Å². The van der Waals surface area contributed by atoms with Crippen LogP contribution in [0.2, 0.25) is 0 Å². The van der Waals surface area contributed by atoms with Crippen molar-refractivity contribution >= 4 is 21.6 Å². The first-order chi connectivity index (χ1) is 12.4. The first-order valence-corrected chi connectivity index (χ1v) is 9.89. The van der Waals surface area contributed by atoms with Crippen molar-refractivity contribution in [2.24, 2.45) is 0 Å². The Morgan fingerprint density at radius 3 is 2.19 bits per heavy atom. The molecule has 8 heteroatoms. The molecule has 0 aliphatic heterocycles. The number of aromatic nitrogens is 1. The SMILES string of the molecule is CN(C)S(=O)(=O)c1ccc(=O)n(CC(=O)Nc2ccc(C(C)(C)C)cc2)c1. The number of amides is 1. The number of carbonyl (C=O) groups is 1. The Labute approximate surface area is 159 Å². The minimum absolute atomic E-state index is 0.00815. The molecule has 7 nitrogen and oxygen atoms in total. The molecule has 1 amide bonds. The molecule has 0 fully saturated rings. The zero-order chi connectivity index (χ0) is 20.4. The summed E-state index contributed by atoms with van der Waals surface area (Å²) in [5, 5.41) is 2.72. The molecular weight excluding hydrogens is 366 g/mol. The highest BCUT2D eigenvalue weighted by atomic mass is 32.2. The molecule has 2 aromatic rings.